The van der Waals surface area contributed by atoms with Crippen molar-refractivity contribution in [2.75, 3.05) is 10.7 Å². The molecule has 1 aromatic heterocycles. The van der Waals surface area contributed by atoms with E-state index in [4.69, 9.17) is 0 Å². The third-order valence-corrected chi connectivity index (χ3v) is 6.44. The van der Waals surface area contributed by atoms with Crippen molar-refractivity contribution in [3.63, 3.8) is 0 Å². The topological polar surface area (TPSA) is 46.1 Å². The van der Waals surface area contributed by atoms with E-state index in [2.05, 4.69) is 34.3 Å². The molecule has 26 heavy (non-hydrogen) atoms. The van der Waals surface area contributed by atoms with Crippen molar-refractivity contribution in [3.8, 4) is 0 Å². The first-order valence-electron chi connectivity index (χ1n) is 8.49. The Morgan fingerprint density at radius 1 is 1.15 bits per heavy atom. The van der Waals surface area contributed by atoms with Gasteiger partial charge in [-0.2, -0.15) is 0 Å². The van der Waals surface area contributed by atoms with Crippen LogP contribution in [0.25, 0.3) is 0 Å². The van der Waals surface area contributed by atoms with Crippen LogP contribution in [0.15, 0.2) is 64.7 Å². The molecule has 2 aliphatic rings. The number of para-hydroxylation sites is 1. The molecule has 4 rings (SSSR count). The van der Waals surface area contributed by atoms with Gasteiger partial charge in [-0.25, -0.2) is 9.97 Å². The zero-order chi connectivity index (χ0) is 18.1. The quantitative estimate of drug-likeness (QED) is 0.589. The first-order chi connectivity index (χ1) is 12.6. The van der Waals surface area contributed by atoms with Gasteiger partial charge in [-0.1, -0.05) is 48.2 Å². The Hall–Kier alpha value is -2.05. The predicted molar refractivity (Wildman–Crippen MR) is 108 cm³/mol. The minimum absolute atomic E-state index is 0.0492. The van der Waals surface area contributed by atoms with Gasteiger partial charge in [0.05, 0.1) is 22.7 Å². The van der Waals surface area contributed by atoms with Crippen molar-refractivity contribution in [3.05, 3.63) is 66.0 Å². The molecule has 1 aromatic carbocycles. The molecule has 1 aliphatic heterocycles. The van der Waals surface area contributed by atoms with Gasteiger partial charge in [0.2, 0.25) is 5.91 Å². The van der Waals surface area contributed by atoms with Crippen LogP contribution < -0.4 is 4.90 Å². The summed E-state index contributed by atoms with van der Waals surface area (Å²) in [5, 5.41) is 0.910. The van der Waals surface area contributed by atoms with Crippen molar-refractivity contribution < 1.29 is 4.79 Å². The normalized spacial score (nSPS) is 20.6. The van der Waals surface area contributed by atoms with Gasteiger partial charge in [-0.15, -0.1) is 11.8 Å². The lowest BCUT2D eigenvalue weighted by Crippen LogP contribution is -2.48. The fraction of sp³-hybridized carbons (Fsp3) is 0.250. The summed E-state index contributed by atoms with van der Waals surface area (Å²) < 4.78 is 0. The lowest BCUT2D eigenvalue weighted by Gasteiger charge is -2.40. The number of amides is 1. The summed E-state index contributed by atoms with van der Waals surface area (Å²) in [7, 11) is 0. The Kier molecular flexibility index (Phi) is 4.87. The number of allylic oxidation sites excluding steroid dienone is 2. The highest BCUT2D eigenvalue weighted by Gasteiger charge is 2.36. The number of hydrogen-bond donors (Lipinski definition) is 0. The Balaban J connectivity index is 1.59. The Bertz CT molecular complexity index is 889. The van der Waals surface area contributed by atoms with Crippen molar-refractivity contribution in [2.45, 2.75) is 35.2 Å². The molecule has 1 aliphatic carbocycles. The summed E-state index contributed by atoms with van der Waals surface area (Å²) in [6.45, 7) is 3.89. The molecule has 0 saturated heterocycles. The molecule has 0 radical (unpaired) electrons. The van der Waals surface area contributed by atoms with Gasteiger partial charge in [-0.05, 0) is 32.0 Å². The third-order valence-electron chi connectivity index (χ3n) is 4.30. The highest BCUT2D eigenvalue weighted by atomic mass is 32.2. The Labute approximate surface area is 161 Å². The van der Waals surface area contributed by atoms with Crippen molar-refractivity contribution in [1.82, 2.24) is 9.97 Å². The average molecular weight is 382 g/mol. The fourth-order valence-electron chi connectivity index (χ4n) is 3.23. The zero-order valence-corrected chi connectivity index (χ0v) is 16.3. The second kappa shape index (κ2) is 7.29. The fourth-order valence-corrected chi connectivity index (χ4v) is 5.30. The zero-order valence-electron chi connectivity index (χ0n) is 14.6. The van der Waals surface area contributed by atoms with Crippen LogP contribution in [-0.4, -0.2) is 32.9 Å². The molecular formula is C20H19N3OS2. The SMILES string of the molecule is Cc1cc(C)nc(SCC(=O)N2c3ccccc3S[C@@H]3C=CC=C[C@H]32)n1. The first-order valence-corrected chi connectivity index (χ1v) is 10.4. The van der Waals surface area contributed by atoms with E-state index in [9.17, 15) is 4.79 Å². The Morgan fingerprint density at radius 2 is 1.88 bits per heavy atom. The maximum Gasteiger partial charge on any atom is 0.238 e. The standard InChI is InChI=1S/C20H19N3OS2/c1-13-11-14(2)22-20(21-13)25-12-19(24)23-15-7-3-5-9-17(15)26-18-10-6-4-8-16(18)23/h3-11,15,17H,12H2,1-2H3/t15-,17-/m1/s1. The molecule has 4 nitrogen and oxygen atoms in total. The number of rotatable bonds is 3. The van der Waals surface area contributed by atoms with E-state index in [-0.39, 0.29) is 17.2 Å². The number of anilines is 1. The molecule has 0 N–H and O–H groups in total. The van der Waals surface area contributed by atoms with Gasteiger partial charge in [0.15, 0.2) is 5.16 Å². The molecule has 0 fully saturated rings. The van der Waals surface area contributed by atoms with E-state index in [0.717, 1.165) is 22.0 Å². The maximum absolute atomic E-state index is 13.1. The van der Waals surface area contributed by atoms with Gasteiger partial charge < -0.3 is 4.90 Å². The smallest absolute Gasteiger partial charge is 0.238 e. The molecule has 2 aromatic rings. The third kappa shape index (κ3) is 3.44. The number of benzene rings is 1. The molecule has 6 heteroatoms. The van der Waals surface area contributed by atoms with E-state index < -0.39 is 0 Å². The highest BCUT2D eigenvalue weighted by Crippen LogP contribution is 2.43. The second-order valence-corrected chi connectivity index (χ2v) is 8.46. The summed E-state index contributed by atoms with van der Waals surface area (Å²) >= 11 is 3.22. The number of hydrogen-bond acceptors (Lipinski definition) is 5. The molecule has 0 saturated carbocycles. The molecular weight excluding hydrogens is 362 g/mol. The van der Waals surface area contributed by atoms with Crippen LogP contribution in [0.5, 0.6) is 0 Å². The van der Waals surface area contributed by atoms with Crippen LogP contribution in [-0.2, 0) is 4.79 Å². The lowest BCUT2D eigenvalue weighted by atomic mass is 10.0. The number of thioether (sulfide) groups is 2. The minimum Gasteiger partial charge on any atom is -0.302 e. The summed E-state index contributed by atoms with van der Waals surface area (Å²) in [4.78, 5) is 25.1. The van der Waals surface area contributed by atoms with Gasteiger partial charge in [0.25, 0.3) is 0 Å². The second-order valence-electron chi connectivity index (χ2n) is 6.30. The Morgan fingerprint density at radius 3 is 2.69 bits per heavy atom. The summed E-state index contributed by atoms with van der Waals surface area (Å²) in [5.74, 6) is 0.406. The number of carbonyl (C=O) groups excluding carboxylic acids is 1. The minimum atomic E-state index is 0.0492. The van der Waals surface area contributed by atoms with Crippen molar-refractivity contribution >= 4 is 35.1 Å². The highest BCUT2D eigenvalue weighted by molar-refractivity contribution is 8.00. The molecule has 2 atom stereocenters. The van der Waals surface area contributed by atoms with Crippen LogP contribution in [0, 0.1) is 13.8 Å². The van der Waals surface area contributed by atoms with Crippen LogP contribution >= 0.6 is 23.5 Å². The molecule has 0 unspecified atom stereocenters. The van der Waals surface area contributed by atoms with Gasteiger partial charge >= 0.3 is 0 Å². The molecule has 132 valence electrons. The number of carbonyl (C=O) groups is 1. The summed E-state index contributed by atoms with van der Waals surface area (Å²) in [5.41, 5.74) is 2.84. The summed E-state index contributed by atoms with van der Waals surface area (Å²) in [6.07, 6.45) is 8.37. The number of aryl methyl sites for hydroxylation is 2. The van der Waals surface area contributed by atoms with E-state index in [1.165, 1.54) is 11.8 Å². The van der Waals surface area contributed by atoms with E-state index in [1.807, 2.05) is 60.9 Å². The lowest BCUT2D eigenvalue weighted by molar-refractivity contribution is -0.116. The van der Waals surface area contributed by atoms with Crippen LogP contribution in [0.2, 0.25) is 0 Å². The molecule has 0 spiro atoms. The van der Waals surface area contributed by atoms with Gasteiger partial charge in [0, 0.05) is 16.3 Å². The van der Waals surface area contributed by atoms with E-state index in [0.29, 0.717) is 10.9 Å². The number of fused-ring (bicyclic) bond motifs is 2. The molecule has 0 bridgehead atoms. The van der Waals surface area contributed by atoms with E-state index in [1.54, 1.807) is 0 Å². The monoisotopic (exact) mass is 381 g/mol. The van der Waals surface area contributed by atoms with Gasteiger partial charge in [0.1, 0.15) is 0 Å². The van der Waals surface area contributed by atoms with Crippen molar-refractivity contribution in [2.24, 2.45) is 0 Å². The van der Waals surface area contributed by atoms with Gasteiger partial charge in [-0.3, -0.25) is 4.79 Å². The molecule has 1 amide bonds. The number of nitrogens with zero attached hydrogens (tertiary/aromatic N) is 3. The van der Waals surface area contributed by atoms with E-state index >= 15 is 0 Å². The van der Waals surface area contributed by atoms with Crippen LogP contribution in [0.1, 0.15) is 11.4 Å². The summed E-state index contributed by atoms with van der Waals surface area (Å²) in [6, 6.07) is 10.1. The van der Waals surface area contributed by atoms with Crippen LogP contribution in [0.4, 0.5) is 5.69 Å². The first kappa shape index (κ1) is 17.4. The van der Waals surface area contributed by atoms with Crippen molar-refractivity contribution in [1.29, 1.82) is 0 Å². The predicted octanol–water partition coefficient (Wildman–Crippen LogP) is 4.19. The number of aromatic nitrogens is 2. The largest absolute Gasteiger partial charge is 0.302 e. The average Bonchev–Trinajstić information content (AvgIpc) is 2.63. The maximum atomic E-state index is 13.1. The van der Waals surface area contributed by atoms with Crippen LogP contribution in [0.3, 0.4) is 0 Å². The molecule has 2 heterocycles.